The zero-order chi connectivity index (χ0) is 18.5. The van der Waals surface area contributed by atoms with E-state index in [1.165, 1.54) is 0 Å². The normalized spacial score (nSPS) is 11.9. The van der Waals surface area contributed by atoms with Crippen molar-refractivity contribution < 1.29 is 19.4 Å². The number of aliphatic carboxylic acids is 1. The van der Waals surface area contributed by atoms with Gasteiger partial charge in [-0.15, -0.1) is 0 Å². The third-order valence-electron chi connectivity index (χ3n) is 3.81. The Kier molecular flexibility index (Phi) is 5.52. The summed E-state index contributed by atoms with van der Waals surface area (Å²) in [6, 6.07) is 13.5. The number of carbonyl (C=O) groups excluding carboxylic acids is 1. The monoisotopic (exact) mass is 417 g/mol. The largest absolute Gasteiger partial charge is 0.480 e. The second-order valence-corrected chi connectivity index (χ2v) is 6.58. The summed E-state index contributed by atoms with van der Waals surface area (Å²) < 4.78 is 5.96. The van der Waals surface area contributed by atoms with Crippen LogP contribution in [-0.2, 0) is 22.6 Å². The standard InChI is InChI=1S/C18H16BrN3O4/c19-12-6-7-13-14(8-12)21-22-15(13)9-16(17(23)24)20-18(25)26-10-11-4-2-1-3-5-11/h1-8,16H,9-10H2,(H,20,25)(H,21,22)(H,23,24)/t16-/m0/s1. The molecular weight excluding hydrogens is 402 g/mol. The maximum atomic E-state index is 11.9. The fraction of sp³-hybridized carbons (Fsp3) is 0.167. The van der Waals surface area contributed by atoms with Crippen LogP contribution in [-0.4, -0.2) is 33.4 Å². The summed E-state index contributed by atoms with van der Waals surface area (Å²) in [5, 5.41) is 19.6. The molecule has 8 heteroatoms. The van der Waals surface area contributed by atoms with Crippen LogP contribution in [0.25, 0.3) is 10.9 Å². The van der Waals surface area contributed by atoms with Crippen LogP contribution in [0.1, 0.15) is 11.3 Å². The average molecular weight is 418 g/mol. The quantitative estimate of drug-likeness (QED) is 0.570. The lowest BCUT2D eigenvalue weighted by atomic mass is 10.1. The number of aromatic nitrogens is 2. The number of ether oxygens (including phenoxy) is 1. The van der Waals surface area contributed by atoms with Crippen molar-refractivity contribution >= 4 is 38.9 Å². The van der Waals surface area contributed by atoms with Crippen LogP contribution in [0.2, 0.25) is 0 Å². The molecule has 0 unspecified atom stereocenters. The Morgan fingerprint density at radius 1 is 1.23 bits per heavy atom. The lowest BCUT2D eigenvalue weighted by molar-refractivity contribution is -0.139. The second-order valence-electron chi connectivity index (χ2n) is 5.66. The summed E-state index contributed by atoms with van der Waals surface area (Å²) in [6.45, 7) is 0.0695. The minimum absolute atomic E-state index is 0.0634. The first-order valence-corrected chi connectivity index (χ1v) is 8.65. The number of aromatic amines is 1. The number of carboxylic acids is 1. The zero-order valence-electron chi connectivity index (χ0n) is 13.6. The first-order valence-electron chi connectivity index (χ1n) is 7.85. The molecule has 7 nitrogen and oxygen atoms in total. The van der Waals surface area contributed by atoms with Gasteiger partial charge in [0.2, 0.25) is 0 Å². The molecule has 0 bridgehead atoms. The molecule has 3 N–H and O–H groups in total. The molecule has 0 saturated carbocycles. The zero-order valence-corrected chi connectivity index (χ0v) is 15.2. The van der Waals surface area contributed by atoms with E-state index in [4.69, 9.17) is 4.74 Å². The molecule has 2 aromatic carbocycles. The van der Waals surface area contributed by atoms with E-state index in [1.54, 1.807) is 0 Å². The van der Waals surface area contributed by atoms with Gasteiger partial charge in [0.05, 0.1) is 5.52 Å². The van der Waals surface area contributed by atoms with Crippen molar-refractivity contribution in [3.05, 3.63) is 64.3 Å². The summed E-state index contributed by atoms with van der Waals surface area (Å²) >= 11 is 3.36. The Labute approximate surface area is 157 Å². The molecule has 26 heavy (non-hydrogen) atoms. The number of hydrogen-bond donors (Lipinski definition) is 3. The maximum Gasteiger partial charge on any atom is 0.408 e. The molecule has 0 aliphatic carbocycles. The van der Waals surface area contributed by atoms with E-state index in [1.807, 2.05) is 48.5 Å². The third-order valence-corrected chi connectivity index (χ3v) is 4.30. The van der Waals surface area contributed by atoms with Crippen molar-refractivity contribution in [2.45, 2.75) is 19.1 Å². The molecule has 3 rings (SSSR count). The van der Waals surface area contributed by atoms with Crippen molar-refractivity contribution in [2.24, 2.45) is 0 Å². The van der Waals surface area contributed by atoms with Gasteiger partial charge in [-0.3, -0.25) is 5.10 Å². The van der Waals surface area contributed by atoms with Crippen LogP contribution in [0.15, 0.2) is 53.0 Å². The number of H-pyrrole nitrogens is 1. The molecule has 3 aromatic rings. The van der Waals surface area contributed by atoms with Gasteiger partial charge in [-0.2, -0.15) is 5.10 Å². The Bertz CT molecular complexity index is 927. The highest BCUT2D eigenvalue weighted by Crippen LogP contribution is 2.21. The van der Waals surface area contributed by atoms with E-state index < -0.39 is 18.1 Å². The van der Waals surface area contributed by atoms with Gasteiger partial charge in [0, 0.05) is 22.0 Å². The van der Waals surface area contributed by atoms with E-state index in [2.05, 4.69) is 31.4 Å². The van der Waals surface area contributed by atoms with E-state index in [0.29, 0.717) is 11.2 Å². The number of carboxylic acid groups (broad SMARTS) is 1. The van der Waals surface area contributed by atoms with Crippen LogP contribution < -0.4 is 5.32 Å². The maximum absolute atomic E-state index is 11.9. The van der Waals surface area contributed by atoms with Gasteiger partial charge in [-0.05, 0) is 23.8 Å². The van der Waals surface area contributed by atoms with Crippen molar-refractivity contribution in [1.29, 1.82) is 0 Å². The van der Waals surface area contributed by atoms with Gasteiger partial charge in [-0.1, -0.05) is 46.3 Å². The van der Waals surface area contributed by atoms with Crippen molar-refractivity contribution in [3.63, 3.8) is 0 Å². The number of carbonyl (C=O) groups is 2. The summed E-state index contributed by atoms with van der Waals surface area (Å²) in [5.74, 6) is -1.15. The second kappa shape index (κ2) is 8.01. The van der Waals surface area contributed by atoms with E-state index >= 15 is 0 Å². The molecule has 1 amide bonds. The number of fused-ring (bicyclic) bond motifs is 1. The minimum Gasteiger partial charge on any atom is -0.480 e. The Morgan fingerprint density at radius 2 is 2.00 bits per heavy atom. The number of benzene rings is 2. The van der Waals surface area contributed by atoms with Gasteiger partial charge >= 0.3 is 12.1 Å². The van der Waals surface area contributed by atoms with Crippen molar-refractivity contribution in [1.82, 2.24) is 15.5 Å². The third kappa shape index (κ3) is 4.40. The molecule has 0 saturated heterocycles. The molecule has 1 aromatic heterocycles. The van der Waals surface area contributed by atoms with Crippen LogP contribution >= 0.6 is 15.9 Å². The molecule has 0 radical (unpaired) electrons. The average Bonchev–Trinajstić information content (AvgIpc) is 3.02. The Hall–Kier alpha value is -2.87. The first-order chi connectivity index (χ1) is 12.5. The summed E-state index contributed by atoms with van der Waals surface area (Å²) in [6.07, 6.45) is -0.721. The first kappa shape index (κ1) is 17.9. The molecule has 0 aliphatic rings. The number of rotatable bonds is 6. The number of amides is 1. The van der Waals surface area contributed by atoms with Gasteiger partial charge in [-0.25, -0.2) is 9.59 Å². The lowest BCUT2D eigenvalue weighted by Gasteiger charge is -2.14. The van der Waals surface area contributed by atoms with Crippen LogP contribution in [0, 0.1) is 0 Å². The topological polar surface area (TPSA) is 104 Å². The molecule has 1 heterocycles. The fourth-order valence-electron chi connectivity index (χ4n) is 2.51. The summed E-state index contributed by atoms with van der Waals surface area (Å²) in [4.78, 5) is 23.5. The van der Waals surface area contributed by atoms with Gasteiger partial charge < -0.3 is 15.2 Å². The van der Waals surface area contributed by atoms with Crippen LogP contribution in [0.5, 0.6) is 0 Å². The van der Waals surface area contributed by atoms with Gasteiger partial charge in [0.25, 0.3) is 0 Å². The number of hydrogen-bond acceptors (Lipinski definition) is 4. The van der Waals surface area contributed by atoms with Crippen molar-refractivity contribution in [3.8, 4) is 0 Å². The van der Waals surface area contributed by atoms with Gasteiger partial charge in [0.1, 0.15) is 12.6 Å². The number of alkyl carbamates (subject to hydrolysis) is 1. The summed E-state index contributed by atoms with van der Waals surface area (Å²) in [7, 11) is 0. The van der Waals surface area contributed by atoms with Crippen LogP contribution in [0.4, 0.5) is 4.79 Å². The number of nitrogens with one attached hydrogen (secondary N) is 2. The molecular formula is C18H16BrN3O4. The Balaban J connectivity index is 1.65. The molecule has 0 aliphatic heterocycles. The van der Waals surface area contributed by atoms with E-state index in [0.717, 1.165) is 15.4 Å². The summed E-state index contributed by atoms with van der Waals surface area (Å²) in [5.41, 5.74) is 2.16. The Morgan fingerprint density at radius 3 is 2.73 bits per heavy atom. The highest BCUT2D eigenvalue weighted by atomic mass is 79.9. The van der Waals surface area contributed by atoms with Crippen LogP contribution in [0.3, 0.4) is 0 Å². The lowest BCUT2D eigenvalue weighted by Crippen LogP contribution is -2.42. The highest BCUT2D eigenvalue weighted by molar-refractivity contribution is 9.10. The van der Waals surface area contributed by atoms with E-state index in [9.17, 15) is 14.7 Å². The minimum atomic E-state index is -1.15. The molecule has 0 spiro atoms. The predicted octanol–water partition coefficient (Wildman–Crippen LogP) is 3.25. The van der Waals surface area contributed by atoms with Crippen molar-refractivity contribution in [2.75, 3.05) is 0 Å². The highest BCUT2D eigenvalue weighted by Gasteiger charge is 2.23. The predicted molar refractivity (Wildman–Crippen MR) is 98.7 cm³/mol. The van der Waals surface area contributed by atoms with E-state index in [-0.39, 0.29) is 13.0 Å². The molecule has 134 valence electrons. The molecule has 1 atom stereocenters. The SMILES string of the molecule is O=C(N[C@@H](Cc1[nH]nc2cc(Br)ccc12)C(=O)O)OCc1ccccc1. The molecule has 0 fully saturated rings. The smallest absolute Gasteiger partial charge is 0.408 e. The number of nitrogens with zero attached hydrogens (tertiary/aromatic N) is 1. The number of halogens is 1. The van der Waals surface area contributed by atoms with Gasteiger partial charge in [0.15, 0.2) is 0 Å². The fourth-order valence-corrected chi connectivity index (χ4v) is 2.86.